The summed E-state index contributed by atoms with van der Waals surface area (Å²) in [6, 6.07) is 18.7. The Balaban J connectivity index is 2.00. The van der Waals surface area contributed by atoms with E-state index in [0.29, 0.717) is 0 Å². The number of benzene rings is 2. The van der Waals surface area contributed by atoms with Gasteiger partial charge >= 0.3 is 0 Å². The lowest BCUT2D eigenvalue weighted by molar-refractivity contribution is 0.637. The predicted molar refractivity (Wildman–Crippen MR) is 89.1 cm³/mol. The van der Waals surface area contributed by atoms with Crippen molar-refractivity contribution >= 4 is 22.7 Å². The first-order valence-corrected chi connectivity index (χ1v) is 7.99. The van der Waals surface area contributed by atoms with Crippen LogP contribution in [0.15, 0.2) is 65.7 Å². The number of rotatable bonds is 4. The average molecular weight is 295 g/mol. The van der Waals surface area contributed by atoms with E-state index < -0.39 is 0 Å². The minimum Gasteiger partial charge on any atom is -0.271 e. The summed E-state index contributed by atoms with van der Waals surface area (Å²) in [6.07, 6.45) is 3.88. The van der Waals surface area contributed by atoms with Gasteiger partial charge in [0.1, 0.15) is 0 Å². The first-order valence-electron chi connectivity index (χ1n) is 6.76. The number of fused-ring (bicyclic) bond motifs is 1. The molecule has 0 aliphatic rings. The van der Waals surface area contributed by atoms with Gasteiger partial charge < -0.3 is 0 Å². The Morgan fingerprint density at radius 3 is 2.52 bits per heavy atom. The first-order chi connectivity index (χ1) is 10.3. The fraction of sp³-hybridized carbons (Fsp3) is 0.118. The largest absolute Gasteiger partial charge is 0.271 e. The Hall–Kier alpha value is -1.88. The zero-order valence-corrected chi connectivity index (χ0v) is 12.6. The maximum Gasteiger partial charge on any atom is 0.0710 e. The molecule has 0 amide bonds. The highest BCUT2D eigenvalue weighted by molar-refractivity contribution is 7.98. The third-order valence-corrected chi connectivity index (χ3v) is 4.32. The van der Waals surface area contributed by atoms with Gasteiger partial charge in [0.15, 0.2) is 0 Å². The van der Waals surface area contributed by atoms with Crippen molar-refractivity contribution in [1.82, 2.24) is 10.4 Å². The number of nitrogens with two attached hydrogens (primary N) is 1. The number of hydrogen-bond donors (Lipinski definition) is 2. The van der Waals surface area contributed by atoms with Crippen molar-refractivity contribution in [1.29, 1.82) is 0 Å². The predicted octanol–water partition coefficient (Wildman–Crippen LogP) is 3.51. The first kappa shape index (κ1) is 14.1. The van der Waals surface area contributed by atoms with Gasteiger partial charge in [0, 0.05) is 16.5 Å². The van der Waals surface area contributed by atoms with E-state index in [1.165, 1.54) is 4.90 Å². The number of thioether (sulfide) groups is 1. The molecule has 1 heterocycles. The van der Waals surface area contributed by atoms with Gasteiger partial charge in [0.2, 0.25) is 0 Å². The summed E-state index contributed by atoms with van der Waals surface area (Å²) < 4.78 is 0. The van der Waals surface area contributed by atoms with Gasteiger partial charge in [-0.25, -0.2) is 5.43 Å². The fourth-order valence-corrected chi connectivity index (χ4v) is 2.85. The topological polar surface area (TPSA) is 50.9 Å². The standard InChI is InChI=1S/C17H17N3S/c1-21-15-8-6-13(7-9-15)17(20-18)14-5-4-12-3-2-10-19-16(12)11-14/h2-11,17,20H,18H2,1H3. The van der Waals surface area contributed by atoms with Gasteiger partial charge in [-0.2, -0.15) is 0 Å². The van der Waals surface area contributed by atoms with Crippen molar-refractivity contribution < 1.29 is 0 Å². The molecular weight excluding hydrogens is 278 g/mol. The molecule has 0 bridgehead atoms. The molecule has 106 valence electrons. The zero-order valence-electron chi connectivity index (χ0n) is 11.8. The Morgan fingerprint density at radius 1 is 1.05 bits per heavy atom. The molecule has 0 saturated carbocycles. The van der Waals surface area contributed by atoms with Crippen LogP contribution in [-0.2, 0) is 0 Å². The van der Waals surface area contributed by atoms with Gasteiger partial charge in [0.25, 0.3) is 0 Å². The second kappa shape index (κ2) is 6.26. The molecule has 1 atom stereocenters. The Bertz CT molecular complexity index is 740. The summed E-state index contributed by atoms with van der Waals surface area (Å²) in [6.45, 7) is 0. The number of aromatic nitrogens is 1. The molecule has 3 aromatic rings. The molecule has 1 unspecified atom stereocenters. The van der Waals surface area contributed by atoms with E-state index in [1.54, 1.807) is 11.8 Å². The molecule has 0 aliphatic carbocycles. The molecule has 4 heteroatoms. The zero-order chi connectivity index (χ0) is 14.7. The highest BCUT2D eigenvalue weighted by Crippen LogP contribution is 2.26. The molecule has 1 aromatic heterocycles. The van der Waals surface area contributed by atoms with E-state index in [4.69, 9.17) is 5.84 Å². The minimum atomic E-state index is -0.0349. The molecule has 2 aromatic carbocycles. The lowest BCUT2D eigenvalue weighted by Gasteiger charge is -2.17. The van der Waals surface area contributed by atoms with Crippen LogP contribution in [0.5, 0.6) is 0 Å². The van der Waals surface area contributed by atoms with Crippen molar-refractivity contribution in [3.8, 4) is 0 Å². The summed E-state index contributed by atoms with van der Waals surface area (Å²) in [5, 5.41) is 1.13. The van der Waals surface area contributed by atoms with Crippen LogP contribution >= 0.6 is 11.8 Å². The monoisotopic (exact) mass is 295 g/mol. The van der Waals surface area contributed by atoms with Crippen molar-refractivity contribution in [3.05, 3.63) is 71.9 Å². The number of hydrogen-bond acceptors (Lipinski definition) is 4. The van der Waals surface area contributed by atoms with Gasteiger partial charge in [-0.3, -0.25) is 10.8 Å². The summed E-state index contributed by atoms with van der Waals surface area (Å²) in [5.41, 5.74) is 6.14. The summed E-state index contributed by atoms with van der Waals surface area (Å²) in [5.74, 6) is 5.78. The van der Waals surface area contributed by atoms with Crippen LogP contribution < -0.4 is 11.3 Å². The number of pyridine rings is 1. The third kappa shape index (κ3) is 2.93. The van der Waals surface area contributed by atoms with E-state index in [2.05, 4.69) is 65.2 Å². The van der Waals surface area contributed by atoms with Crippen molar-refractivity contribution in [2.24, 2.45) is 5.84 Å². The minimum absolute atomic E-state index is 0.0349. The molecule has 0 spiro atoms. The molecule has 0 radical (unpaired) electrons. The number of hydrazine groups is 1. The Labute approximate surface area is 128 Å². The molecular formula is C17H17N3S. The Morgan fingerprint density at radius 2 is 1.81 bits per heavy atom. The van der Waals surface area contributed by atoms with Gasteiger partial charge in [-0.15, -0.1) is 11.8 Å². The van der Waals surface area contributed by atoms with E-state index in [1.807, 2.05) is 12.3 Å². The van der Waals surface area contributed by atoms with E-state index in [9.17, 15) is 0 Å². The normalized spacial score (nSPS) is 12.5. The van der Waals surface area contributed by atoms with Crippen LogP contribution in [0, 0.1) is 0 Å². The maximum absolute atomic E-state index is 5.78. The summed E-state index contributed by atoms with van der Waals surface area (Å²) in [7, 11) is 0. The fourth-order valence-electron chi connectivity index (χ4n) is 2.44. The van der Waals surface area contributed by atoms with Crippen LogP contribution in [0.3, 0.4) is 0 Å². The second-order valence-corrected chi connectivity index (χ2v) is 5.71. The highest BCUT2D eigenvalue weighted by Gasteiger charge is 2.13. The van der Waals surface area contributed by atoms with Crippen molar-refractivity contribution in [3.63, 3.8) is 0 Å². The average Bonchev–Trinajstić information content (AvgIpc) is 2.56. The van der Waals surface area contributed by atoms with Crippen LogP contribution in [0.25, 0.3) is 10.9 Å². The van der Waals surface area contributed by atoms with Crippen LogP contribution in [0.4, 0.5) is 0 Å². The van der Waals surface area contributed by atoms with Crippen molar-refractivity contribution in [2.75, 3.05) is 6.26 Å². The van der Waals surface area contributed by atoms with Crippen LogP contribution in [0.2, 0.25) is 0 Å². The van der Waals surface area contributed by atoms with Crippen molar-refractivity contribution in [2.45, 2.75) is 10.9 Å². The summed E-state index contributed by atoms with van der Waals surface area (Å²) >= 11 is 1.73. The van der Waals surface area contributed by atoms with Crippen LogP contribution in [0.1, 0.15) is 17.2 Å². The smallest absolute Gasteiger partial charge is 0.0710 e. The van der Waals surface area contributed by atoms with E-state index >= 15 is 0 Å². The molecule has 0 fully saturated rings. The van der Waals surface area contributed by atoms with Gasteiger partial charge in [-0.05, 0) is 41.6 Å². The van der Waals surface area contributed by atoms with E-state index in [0.717, 1.165) is 22.0 Å². The molecule has 3 rings (SSSR count). The molecule has 0 aliphatic heterocycles. The number of nitrogens with one attached hydrogen (secondary N) is 1. The molecule has 3 N–H and O–H groups in total. The molecule has 21 heavy (non-hydrogen) atoms. The van der Waals surface area contributed by atoms with E-state index in [-0.39, 0.29) is 6.04 Å². The third-order valence-electron chi connectivity index (χ3n) is 3.58. The lowest BCUT2D eigenvalue weighted by atomic mass is 9.98. The molecule has 3 nitrogen and oxygen atoms in total. The quantitative estimate of drug-likeness (QED) is 0.439. The second-order valence-electron chi connectivity index (χ2n) is 4.83. The Kier molecular flexibility index (Phi) is 4.20. The lowest BCUT2D eigenvalue weighted by Crippen LogP contribution is -2.28. The van der Waals surface area contributed by atoms with Gasteiger partial charge in [0.05, 0.1) is 11.6 Å². The SMILES string of the molecule is CSc1ccc(C(NN)c2ccc3cccnc3c2)cc1. The highest BCUT2D eigenvalue weighted by atomic mass is 32.2. The summed E-state index contributed by atoms with van der Waals surface area (Å²) in [4.78, 5) is 5.65. The molecule has 0 saturated heterocycles. The number of nitrogens with zero attached hydrogens (tertiary/aromatic N) is 1. The maximum atomic E-state index is 5.78. The van der Waals surface area contributed by atoms with Gasteiger partial charge in [-0.1, -0.05) is 30.3 Å². The van der Waals surface area contributed by atoms with Crippen LogP contribution in [-0.4, -0.2) is 11.2 Å².